The maximum absolute atomic E-state index is 3.92. The van der Waals surface area contributed by atoms with Crippen LogP contribution >= 0.6 is 0 Å². The van der Waals surface area contributed by atoms with Gasteiger partial charge in [-0.25, -0.2) is 0 Å². The van der Waals surface area contributed by atoms with E-state index in [1.165, 1.54) is 45.2 Å². The minimum atomic E-state index is 0.357. The normalized spacial score (nSPS) is 37.3. The highest BCUT2D eigenvalue weighted by Crippen LogP contribution is 2.40. The molecule has 1 aliphatic carbocycles. The first-order valence-electron chi connectivity index (χ1n) is 9.48. The van der Waals surface area contributed by atoms with E-state index in [2.05, 4.69) is 51.8 Å². The third-order valence-corrected chi connectivity index (χ3v) is 6.85. The molecule has 0 aromatic rings. The van der Waals surface area contributed by atoms with E-state index in [-0.39, 0.29) is 0 Å². The van der Waals surface area contributed by atoms with Gasteiger partial charge >= 0.3 is 0 Å². The molecule has 124 valence electrons. The van der Waals surface area contributed by atoms with Gasteiger partial charge in [-0.15, -0.1) is 0 Å². The standard InChI is InChI=1S/C19H38N2/c1-7-16-10-11-17(15(16)6)21-13-19(8-2,9-3)20-12-18(21)14(4)5/h14-18,20H,7-13H2,1-6H3. The second kappa shape index (κ2) is 7.00. The number of hydrogen-bond donors (Lipinski definition) is 1. The molecule has 1 aliphatic heterocycles. The Kier molecular flexibility index (Phi) is 5.76. The Morgan fingerprint density at radius 2 is 1.81 bits per heavy atom. The highest BCUT2D eigenvalue weighted by Gasteiger charge is 2.44. The summed E-state index contributed by atoms with van der Waals surface area (Å²) in [5, 5.41) is 3.92. The van der Waals surface area contributed by atoms with Crippen LogP contribution < -0.4 is 5.32 Å². The van der Waals surface area contributed by atoms with Crippen molar-refractivity contribution in [3.05, 3.63) is 0 Å². The number of hydrogen-bond acceptors (Lipinski definition) is 2. The van der Waals surface area contributed by atoms with Gasteiger partial charge in [-0.3, -0.25) is 4.90 Å². The van der Waals surface area contributed by atoms with Crippen molar-refractivity contribution in [3.63, 3.8) is 0 Å². The van der Waals surface area contributed by atoms with E-state index in [1.807, 2.05) is 0 Å². The van der Waals surface area contributed by atoms with Gasteiger partial charge in [-0.2, -0.15) is 0 Å². The molecule has 1 heterocycles. The van der Waals surface area contributed by atoms with E-state index in [0.717, 1.165) is 29.8 Å². The van der Waals surface area contributed by atoms with Crippen molar-refractivity contribution in [2.24, 2.45) is 17.8 Å². The molecule has 1 saturated heterocycles. The number of piperazine rings is 1. The summed E-state index contributed by atoms with van der Waals surface area (Å²) in [6, 6.07) is 1.54. The predicted octanol–water partition coefficient (Wildman–Crippen LogP) is 4.30. The zero-order valence-electron chi connectivity index (χ0n) is 15.3. The van der Waals surface area contributed by atoms with E-state index >= 15 is 0 Å². The van der Waals surface area contributed by atoms with Gasteiger partial charge < -0.3 is 5.32 Å². The first-order valence-corrected chi connectivity index (χ1v) is 9.48. The molecule has 2 nitrogen and oxygen atoms in total. The minimum absolute atomic E-state index is 0.357. The van der Waals surface area contributed by atoms with Crippen LogP contribution in [0.25, 0.3) is 0 Å². The molecule has 0 radical (unpaired) electrons. The molecule has 1 saturated carbocycles. The van der Waals surface area contributed by atoms with Gasteiger partial charge in [-0.05, 0) is 43.4 Å². The summed E-state index contributed by atoms with van der Waals surface area (Å²) >= 11 is 0. The second-order valence-electron chi connectivity index (χ2n) is 8.02. The molecular weight excluding hydrogens is 256 g/mol. The zero-order chi connectivity index (χ0) is 15.6. The van der Waals surface area contributed by atoms with Crippen molar-refractivity contribution in [2.45, 2.75) is 91.3 Å². The highest BCUT2D eigenvalue weighted by atomic mass is 15.3. The molecule has 0 aromatic heterocycles. The summed E-state index contributed by atoms with van der Waals surface area (Å²) in [6.07, 6.45) is 6.74. The van der Waals surface area contributed by atoms with Crippen LogP contribution in [0.2, 0.25) is 0 Å². The van der Waals surface area contributed by atoms with E-state index in [4.69, 9.17) is 0 Å². The Morgan fingerprint density at radius 1 is 1.14 bits per heavy atom. The van der Waals surface area contributed by atoms with Gasteiger partial charge in [0.2, 0.25) is 0 Å². The van der Waals surface area contributed by atoms with Crippen LogP contribution in [0, 0.1) is 17.8 Å². The summed E-state index contributed by atoms with van der Waals surface area (Å²) in [7, 11) is 0. The molecule has 0 amide bonds. The molecule has 1 N–H and O–H groups in total. The van der Waals surface area contributed by atoms with Crippen LogP contribution in [0.15, 0.2) is 0 Å². The van der Waals surface area contributed by atoms with Crippen molar-refractivity contribution >= 4 is 0 Å². The molecule has 2 aliphatic rings. The molecule has 2 heteroatoms. The fourth-order valence-electron chi connectivity index (χ4n) is 4.93. The Hall–Kier alpha value is -0.0800. The SMILES string of the molecule is CCC1CCC(N2CC(CC)(CC)NCC2C(C)C)C1C. The van der Waals surface area contributed by atoms with Gasteiger partial charge in [0.05, 0.1) is 0 Å². The Bertz CT molecular complexity index is 322. The van der Waals surface area contributed by atoms with Crippen molar-refractivity contribution in [3.8, 4) is 0 Å². The van der Waals surface area contributed by atoms with Crippen LogP contribution in [-0.2, 0) is 0 Å². The van der Waals surface area contributed by atoms with Crippen molar-refractivity contribution in [1.82, 2.24) is 10.2 Å². The average molecular weight is 295 g/mol. The smallest absolute Gasteiger partial charge is 0.0304 e. The average Bonchev–Trinajstić information content (AvgIpc) is 2.87. The quantitative estimate of drug-likeness (QED) is 0.813. The lowest BCUT2D eigenvalue weighted by Gasteiger charge is -2.52. The van der Waals surface area contributed by atoms with E-state index < -0.39 is 0 Å². The maximum Gasteiger partial charge on any atom is 0.0304 e. The largest absolute Gasteiger partial charge is 0.308 e. The van der Waals surface area contributed by atoms with Gasteiger partial charge in [-0.1, -0.05) is 48.0 Å². The van der Waals surface area contributed by atoms with Crippen LogP contribution in [-0.4, -0.2) is 35.6 Å². The van der Waals surface area contributed by atoms with E-state index in [9.17, 15) is 0 Å². The van der Waals surface area contributed by atoms with Crippen molar-refractivity contribution in [1.29, 1.82) is 0 Å². The zero-order valence-corrected chi connectivity index (χ0v) is 15.3. The Balaban J connectivity index is 2.18. The van der Waals surface area contributed by atoms with Crippen LogP contribution in [0.1, 0.15) is 73.6 Å². The van der Waals surface area contributed by atoms with Gasteiger partial charge in [0.1, 0.15) is 0 Å². The number of rotatable bonds is 5. The highest BCUT2D eigenvalue weighted by molar-refractivity contribution is 5.02. The fraction of sp³-hybridized carbons (Fsp3) is 1.00. The maximum atomic E-state index is 3.92. The summed E-state index contributed by atoms with van der Waals surface area (Å²) in [4.78, 5) is 2.93. The topological polar surface area (TPSA) is 15.3 Å². The summed E-state index contributed by atoms with van der Waals surface area (Å²) < 4.78 is 0. The monoisotopic (exact) mass is 294 g/mol. The molecule has 4 unspecified atom stereocenters. The molecule has 0 spiro atoms. The molecular formula is C19H38N2. The van der Waals surface area contributed by atoms with Gasteiger partial charge in [0.25, 0.3) is 0 Å². The predicted molar refractivity (Wildman–Crippen MR) is 92.6 cm³/mol. The first kappa shape index (κ1) is 17.3. The minimum Gasteiger partial charge on any atom is -0.308 e. The lowest BCUT2D eigenvalue weighted by atomic mass is 9.83. The van der Waals surface area contributed by atoms with Crippen molar-refractivity contribution < 1.29 is 0 Å². The molecule has 0 aromatic carbocycles. The molecule has 4 atom stereocenters. The summed E-state index contributed by atoms with van der Waals surface area (Å²) in [6.45, 7) is 16.9. The van der Waals surface area contributed by atoms with Crippen LogP contribution in [0.5, 0.6) is 0 Å². The Morgan fingerprint density at radius 3 is 2.29 bits per heavy atom. The molecule has 2 rings (SSSR count). The van der Waals surface area contributed by atoms with Crippen molar-refractivity contribution in [2.75, 3.05) is 13.1 Å². The number of nitrogens with one attached hydrogen (secondary N) is 1. The Labute approximate surface area is 133 Å². The molecule has 21 heavy (non-hydrogen) atoms. The van der Waals surface area contributed by atoms with Gasteiger partial charge in [0.15, 0.2) is 0 Å². The third kappa shape index (κ3) is 3.32. The second-order valence-corrected chi connectivity index (χ2v) is 8.02. The van der Waals surface area contributed by atoms with Crippen LogP contribution in [0.3, 0.4) is 0 Å². The summed E-state index contributed by atoms with van der Waals surface area (Å²) in [5.41, 5.74) is 0.357. The van der Waals surface area contributed by atoms with E-state index in [0.29, 0.717) is 5.54 Å². The lowest BCUT2D eigenvalue weighted by molar-refractivity contribution is 0.00323. The van der Waals surface area contributed by atoms with Gasteiger partial charge in [0, 0.05) is 30.7 Å². The molecule has 2 fully saturated rings. The summed E-state index contributed by atoms with van der Waals surface area (Å²) in [5.74, 6) is 2.58. The fourth-order valence-corrected chi connectivity index (χ4v) is 4.93. The third-order valence-electron chi connectivity index (χ3n) is 6.85. The first-order chi connectivity index (χ1) is 9.98. The molecule has 0 bridgehead atoms. The van der Waals surface area contributed by atoms with E-state index in [1.54, 1.807) is 0 Å². The van der Waals surface area contributed by atoms with Crippen LogP contribution in [0.4, 0.5) is 0 Å². The number of nitrogens with zero attached hydrogens (tertiary/aromatic N) is 1. The lowest BCUT2D eigenvalue weighted by Crippen LogP contribution is -2.67.